The molecule has 11 heavy (non-hydrogen) atoms. The van der Waals surface area contributed by atoms with Gasteiger partial charge in [-0.25, -0.2) is 0 Å². The van der Waals surface area contributed by atoms with Gasteiger partial charge in [0.15, 0.2) is 5.60 Å². The Hall–Kier alpha value is -0.510. The lowest BCUT2D eigenvalue weighted by Gasteiger charge is -2.28. The Bertz CT molecular complexity index is 194. The summed E-state index contributed by atoms with van der Waals surface area (Å²) in [5.41, 5.74) is -1.81. The first-order valence-corrected chi connectivity index (χ1v) is 3.26. The van der Waals surface area contributed by atoms with Gasteiger partial charge >= 0.3 is 6.18 Å². The van der Waals surface area contributed by atoms with Crippen molar-refractivity contribution in [1.82, 2.24) is 0 Å². The number of hydrogen-bond acceptors (Lipinski definition) is 1. The number of alkyl halides is 3. The molecule has 0 amide bonds. The average Bonchev–Trinajstić information content (AvgIpc) is 2.12. The zero-order valence-corrected chi connectivity index (χ0v) is 6.33. The first-order chi connectivity index (χ1) is 4.88. The Morgan fingerprint density at radius 2 is 2.09 bits per heavy atom. The molecule has 0 bridgehead atoms. The van der Waals surface area contributed by atoms with E-state index < -0.39 is 11.8 Å². The van der Waals surface area contributed by atoms with Gasteiger partial charge in [-0.3, -0.25) is 0 Å². The molecule has 0 aliphatic carbocycles. The highest BCUT2D eigenvalue weighted by atomic mass is 19.4. The second-order valence-electron chi connectivity index (χ2n) is 2.73. The quantitative estimate of drug-likeness (QED) is 0.501. The summed E-state index contributed by atoms with van der Waals surface area (Å²) in [6, 6.07) is 0. The van der Waals surface area contributed by atoms with E-state index in [0.717, 1.165) is 6.92 Å². The van der Waals surface area contributed by atoms with Crippen LogP contribution in [0.25, 0.3) is 0 Å². The van der Waals surface area contributed by atoms with E-state index >= 15 is 0 Å². The van der Waals surface area contributed by atoms with Crippen molar-refractivity contribution in [3.8, 4) is 0 Å². The van der Waals surface area contributed by atoms with Gasteiger partial charge in [0, 0.05) is 0 Å². The van der Waals surface area contributed by atoms with Crippen molar-refractivity contribution in [3.05, 3.63) is 11.6 Å². The Balaban J connectivity index is 2.92. The SMILES string of the molecule is CC1=CCO[C@@]1(C)C(F)(F)F. The normalized spacial score (nSPS) is 32.3. The van der Waals surface area contributed by atoms with Crippen molar-refractivity contribution in [2.45, 2.75) is 25.6 Å². The van der Waals surface area contributed by atoms with Crippen LogP contribution in [0, 0.1) is 0 Å². The molecular formula is C7H9F3O. The van der Waals surface area contributed by atoms with E-state index in [2.05, 4.69) is 4.74 Å². The van der Waals surface area contributed by atoms with E-state index in [-0.39, 0.29) is 12.2 Å². The molecule has 1 aliphatic heterocycles. The van der Waals surface area contributed by atoms with Crippen LogP contribution in [0.5, 0.6) is 0 Å². The molecule has 0 saturated carbocycles. The Kier molecular flexibility index (Phi) is 1.75. The van der Waals surface area contributed by atoms with Crippen LogP contribution in [0.2, 0.25) is 0 Å². The Morgan fingerprint density at radius 1 is 1.55 bits per heavy atom. The van der Waals surface area contributed by atoms with Gasteiger partial charge in [-0.05, 0) is 19.4 Å². The molecule has 1 nitrogen and oxygen atoms in total. The van der Waals surface area contributed by atoms with Crippen LogP contribution in [0.3, 0.4) is 0 Å². The van der Waals surface area contributed by atoms with Gasteiger partial charge in [0.25, 0.3) is 0 Å². The molecule has 1 atom stereocenters. The van der Waals surface area contributed by atoms with Crippen molar-refractivity contribution in [1.29, 1.82) is 0 Å². The first kappa shape index (κ1) is 8.59. The van der Waals surface area contributed by atoms with Gasteiger partial charge in [-0.2, -0.15) is 13.2 Å². The molecule has 64 valence electrons. The monoisotopic (exact) mass is 166 g/mol. The Morgan fingerprint density at radius 3 is 2.27 bits per heavy atom. The molecule has 1 aliphatic rings. The molecule has 0 N–H and O–H groups in total. The first-order valence-electron chi connectivity index (χ1n) is 3.26. The molecule has 0 radical (unpaired) electrons. The predicted octanol–water partition coefficient (Wildman–Crippen LogP) is 2.28. The van der Waals surface area contributed by atoms with Crippen LogP contribution in [0.4, 0.5) is 13.2 Å². The smallest absolute Gasteiger partial charge is 0.357 e. The highest BCUT2D eigenvalue weighted by Crippen LogP contribution is 2.41. The third-order valence-corrected chi connectivity index (χ3v) is 2.05. The molecular weight excluding hydrogens is 157 g/mol. The van der Waals surface area contributed by atoms with Gasteiger partial charge in [0.05, 0.1) is 6.61 Å². The zero-order valence-electron chi connectivity index (χ0n) is 6.33. The van der Waals surface area contributed by atoms with E-state index in [1.807, 2.05) is 0 Å². The lowest BCUT2D eigenvalue weighted by molar-refractivity contribution is -0.245. The van der Waals surface area contributed by atoms with Crippen molar-refractivity contribution in [3.63, 3.8) is 0 Å². The van der Waals surface area contributed by atoms with Crippen LogP contribution in [0.15, 0.2) is 11.6 Å². The van der Waals surface area contributed by atoms with Crippen LogP contribution in [-0.2, 0) is 4.74 Å². The number of halogens is 3. The maximum atomic E-state index is 12.2. The molecule has 0 aromatic heterocycles. The van der Waals surface area contributed by atoms with Crippen molar-refractivity contribution in [2.75, 3.05) is 6.61 Å². The third-order valence-electron chi connectivity index (χ3n) is 2.05. The second kappa shape index (κ2) is 2.24. The van der Waals surface area contributed by atoms with Gasteiger partial charge in [-0.15, -0.1) is 0 Å². The maximum Gasteiger partial charge on any atom is 0.421 e. The van der Waals surface area contributed by atoms with E-state index in [0.29, 0.717) is 0 Å². The molecule has 0 unspecified atom stereocenters. The summed E-state index contributed by atoms with van der Waals surface area (Å²) in [5, 5.41) is 0. The number of ether oxygens (including phenoxy) is 1. The predicted molar refractivity (Wildman–Crippen MR) is 34.2 cm³/mol. The molecule has 1 rings (SSSR count). The van der Waals surface area contributed by atoms with Gasteiger partial charge in [-0.1, -0.05) is 6.08 Å². The summed E-state index contributed by atoms with van der Waals surface area (Å²) >= 11 is 0. The van der Waals surface area contributed by atoms with Gasteiger partial charge in [0.1, 0.15) is 0 Å². The number of rotatable bonds is 0. The zero-order chi connectivity index (χ0) is 8.70. The standard InChI is InChI=1S/C7H9F3O/c1-5-3-4-11-6(5,2)7(8,9)10/h3H,4H2,1-2H3/t6-/m1/s1. The van der Waals surface area contributed by atoms with Crippen molar-refractivity contribution >= 4 is 0 Å². The summed E-state index contributed by atoms with van der Waals surface area (Å²) in [4.78, 5) is 0. The molecule has 0 saturated heterocycles. The maximum absolute atomic E-state index is 12.2. The van der Waals surface area contributed by atoms with E-state index in [1.165, 1.54) is 13.0 Å². The largest absolute Gasteiger partial charge is 0.421 e. The molecule has 0 fully saturated rings. The van der Waals surface area contributed by atoms with Crippen molar-refractivity contribution in [2.24, 2.45) is 0 Å². The lowest BCUT2D eigenvalue weighted by atomic mass is 9.98. The van der Waals surface area contributed by atoms with Crippen molar-refractivity contribution < 1.29 is 17.9 Å². The average molecular weight is 166 g/mol. The van der Waals surface area contributed by atoms with Gasteiger partial charge in [0.2, 0.25) is 0 Å². The fourth-order valence-corrected chi connectivity index (χ4v) is 0.947. The van der Waals surface area contributed by atoms with Crippen LogP contribution < -0.4 is 0 Å². The summed E-state index contributed by atoms with van der Waals surface area (Å²) in [5.74, 6) is 0. The Labute approximate surface area is 62.8 Å². The van der Waals surface area contributed by atoms with Crippen LogP contribution in [0.1, 0.15) is 13.8 Å². The van der Waals surface area contributed by atoms with Crippen LogP contribution >= 0.6 is 0 Å². The third kappa shape index (κ3) is 1.15. The summed E-state index contributed by atoms with van der Waals surface area (Å²) in [6.45, 7) is 2.54. The minimum atomic E-state index is -4.30. The van der Waals surface area contributed by atoms with Crippen LogP contribution in [-0.4, -0.2) is 18.4 Å². The molecule has 0 aromatic rings. The van der Waals surface area contributed by atoms with E-state index in [9.17, 15) is 13.2 Å². The van der Waals surface area contributed by atoms with E-state index in [4.69, 9.17) is 0 Å². The summed E-state index contributed by atoms with van der Waals surface area (Å²) in [6.07, 6.45) is -2.85. The fourth-order valence-electron chi connectivity index (χ4n) is 0.947. The highest BCUT2D eigenvalue weighted by Gasteiger charge is 2.55. The molecule has 4 heteroatoms. The molecule has 1 heterocycles. The minimum Gasteiger partial charge on any atom is -0.357 e. The molecule has 0 aromatic carbocycles. The van der Waals surface area contributed by atoms with E-state index in [1.54, 1.807) is 0 Å². The van der Waals surface area contributed by atoms with Gasteiger partial charge < -0.3 is 4.74 Å². The number of hydrogen-bond donors (Lipinski definition) is 0. The minimum absolute atomic E-state index is 0.0574. The highest BCUT2D eigenvalue weighted by molar-refractivity contribution is 5.20. The summed E-state index contributed by atoms with van der Waals surface area (Å²) < 4.78 is 41.3. The topological polar surface area (TPSA) is 9.23 Å². The fraction of sp³-hybridized carbons (Fsp3) is 0.714. The lowest BCUT2D eigenvalue weighted by Crippen LogP contribution is -2.43. The molecule has 0 spiro atoms. The second-order valence-corrected chi connectivity index (χ2v) is 2.73. The summed E-state index contributed by atoms with van der Waals surface area (Å²) in [7, 11) is 0.